The minimum atomic E-state index is -0.964. The van der Waals surface area contributed by atoms with Crippen LogP contribution >= 0.6 is 11.6 Å². The average Bonchev–Trinajstić information content (AvgIpc) is 3.74. The second kappa shape index (κ2) is 18.2. The predicted molar refractivity (Wildman–Crippen MR) is 195 cm³/mol. The molecule has 0 spiro atoms. The van der Waals surface area contributed by atoms with Crippen LogP contribution in [0.25, 0.3) is 5.69 Å². The summed E-state index contributed by atoms with van der Waals surface area (Å²) in [5, 5.41) is 18.5. The van der Waals surface area contributed by atoms with Crippen LogP contribution in [0.1, 0.15) is 114 Å². The van der Waals surface area contributed by atoms with E-state index < -0.39 is 11.4 Å². The number of aliphatic carboxylic acids is 1. The van der Waals surface area contributed by atoms with E-state index in [4.69, 9.17) is 21.1 Å². The molecule has 0 saturated carbocycles. The molecule has 0 saturated heterocycles. The summed E-state index contributed by atoms with van der Waals surface area (Å²) in [5.74, 6) is 0.730. The molecule has 0 fully saturated rings. The van der Waals surface area contributed by atoms with E-state index in [1.54, 1.807) is 27.2 Å². The van der Waals surface area contributed by atoms with Crippen LogP contribution < -0.4 is 4.74 Å². The van der Waals surface area contributed by atoms with Gasteiger partial charge in [0.15, 0.2) is 0 Å². The number of hydrogen-bond acceptors (Lipinski definition) is 5. The van der Waals surface area contributed by atoms with Gasteiger partial charge in [0, 0.05) is 41.0 Å². The Morgan fingerprint density at radius 2 is 1.77 bits per heavy atom. The molecule has 2 aromatic heterocycles. The molecular weight excluding hydrogens is 624 g/mol. The molecule has 48 heavy (non-hydrogen) atoms. The van der Waals surface area contributed by atoms with Crippen LogP contribution in [0, 0.1) is 18.3 Å². The predicted octanol–water partition coefficient (Wildman–Crippen LogP) is 9.84. The molecule has 4 aromatic rings. The highest BCUT2D eigenvalue weighted by atomic mass is 35.5. The fourth-order valence-electron chi connectivity index (χ4n) is 5.82. The van der Waals surface area contributed by atoms with Gasteiger partial charge in [0.1, 0.15) is 5.75 Å². The van der Waals surface area contributed by atoms with Gasteiger partial charge in [0.25, 0.3) is 0 Å². The first-order valence-corrected chi connectivity index (χ1v) is 17.6. The molecule has 8 nitrogen and oxygen atoms in total. The van der Waals surface area contributed by atoms with E-state index in [9.17, 15) is 9.90 Å². The van der Waals surface area contributed by atoms with Gasteiger partial charge in [-0.1, -0.05) is 82.8 Å². The van der Waals surface area contributed by atoms with Crippen molar-refractivity contribution in [2.45, 2.75) is 106 Å². The van der Waals surface area contributed by atoms with Crippen molar-refractivity contribution in [1.29, 1.82) is 0 Å². The lowest BCUT2D eigenvalue weighted by Gasteiger charge is -2.27. The van der Waals surface area contributed by atoms with E-state index in [0.29, 0.717) is 17.5 Å². The molecule has 262 valence electrons. The van der Waals surface area contributed by atoms with Gasteiger partial charge in [-0.05, 0) is 86.2 Å². The molecule has 0 aliphatic carbocycles. The minimum absolute atomic E-state index is 0.0833. The Morgan fingerprint density at radius 3 is 2.42 bits per heavy atom. The number of halogens is 1. The zero-order valence-corrected chi connectivity index (χ0v) is 31.1. The summed E-state index contributed by atoms with van der Waals surface area (Å²) in [6, 6.07) is 16.7. The molecule has 1 unspecified atom stereocenters. The van der Waals surface area contributed by atoms with Gasteiger partial charge >= 0.3 is 5.97 Å². The number of hydrogen-bond donors (Lipinski definition) is 1. The fraction of sp³-hybridized carbons (Fsp3) is 0.513. The van der Waals surface area contributed by atoms with Crippen LogP contribution in [0.3, 0.4) is 0 Å². The molecule has 2 aromatic carbocycles. The summed E-state index contributed by atoms with van der Waals surface area (Å²) in [6.07, 6.45) is 8.35. The Kier molecular flexibility index (Phi) is 14.7. The first kappa shape index (κ1) is 38.8. The fourth-order valence-corrected chi connectivity index (χ4v) is 6.00. The molecule has 4 rings (SSSR count). The SMILES string of the molecule is CCC(C)[C@H](CCn1nncc1COCC(C)(C)C(=O)O)c1cccn1-c1ccc(Cl)cc1[C@H](C)c1cccc(OC)c1C.CCCC. The number of nitrogens with zero attached hydrogens (tertiary/aromatic N) is 4. The number of unbranched alkanes of at least 4 members (excludes halogenated alkanes) is 1. The van der Waals surface area contributed by atoms with Gasteiger partial charge < -0.3 is 19.1 Å². The van der Waals surface area contributed by atoms with Crippen LogP contribution in [0.2, 0.25) is 5.02 Å². The first-order valence-electron chi connectivity index (χ1n) is 17.2. The molecule has 0 aliphatic rings. The van der Waals surface area contributed by atoms with Crippen molar-refractivity contribution in [1.82, 2.24) is 19.6 Å². The van der Waals surface area contributed by atoms with Gasteiger partial charge in [-0.3, -0.25) is 4.79 Å². The van der Waals surface area contributed by atoms with E-state index in [1.807, 2.05) is 22.9 Å². The lowest BCUT2D eigenvalue weighted by atomic mass is 9.85. The molecule has 0 radical (unpaired) electrons. The Morgan fingerprint density at radius 1 is 1.04 bits per heavy atom. The van der Waals surface area contributed by atoms with Gasteiger partial charge in [-0.15, -0.1) is 5.10 Å². The molecule has 9 heteroatoms. The molecular formula is C39H55ClN4O4. The van der Waals surface area contributed by atoms with Crippen molar-refractivity contribution in [3.8, 4) is 11.4 Å². The third-order valence-corrected chi connectivity index (χ3v) is 9.60. The van der Waals surface area contributed by atoms with Crippen molar-refractivity contribution in [3.05, 3.63) is 94.0 Å². The highest BCUT2D eigenvalue weighted by Crippen LogP contribution is 2.38. The van der Waals surface area contributed by atoms with Crippen molar-refractivity contribution < 1.29 is 19.4 Å². The third kappa shape index (κ3) is 9.73. The maximum atomic E-state index is 11.5. The standard InChI is InChI=1S/C35H45ClN4O4.C4H10/c1-8-23(2)28(16-18-40-27(20-37-38-40)21-44-22-35(5,6)34(41)42)31-12-10-17-39(31)32-15-14-26(36)19-30(32)24(3)29-11-9-13-33(43-7)25(29)4;1-3-4-2/h9-15,17,19-20,23-24,28H,8,16,18,21-22H2,1-7H3,(H,41,42);3-4H2,1-2H3/t23?,24-,28+;/m1./s1. The summed E-state index contributed by atoms with van der Waals surface area (Å²) >= 11 is 6.59. The average molecular weight is 679 g/mol. The van der Waals surface area contributed by atoms with Gasteiger partial charge in [0.2, 0.25) is 0 Å². The number of carboxylic acids is 1. The van der Waals surface area contributed by atoms with Crippen LogP contribution in [0.5, 0.6) is 5.75 Å². The Hall–Kier alpha value is -3.62. The number of carbonyl (C=O) groups is 1. The quantitative estimate of drug-likeness (QED) is 0.127. The van der Waals surface area contributed by atoms with Crippen molar-refractivity contribution in [2.75, 3.05) is 13.7 Å². The summed E-state index contributed by atoms with van der Waals surface area (Å²) < 4.78 is 15.6. The molecule has 0 aliphatic heterocycles. The van der Waals surface area contributed by atoms with Crippen LogP contribution in [0.15, 0.2) is 60.9 Å². The van der Waals surface area contributed by atoms with Crippen LogP contribution in [0.4, 0.5) is 0 Å². The second-order valence-electron chi connectivity index (χ2n) is 13.3. The zero-order chi connectivity index (χ0) is 35.4. The third-order valence-electron chi connectivity index (χ3n) is 9.36. The highest BCUT2D eigenvalue weighted by Gasteiger charge is 2.28. The van der Waals surface area contributed by atoms with E-state index in [0.717, 1.165) is 41.1 Å². The smallest absolute Gasteiger partial charge is 0.311 e. The normalized spacial score (nSPS) is 13.4. The Labute approximate surface area is 292 Å². The molecule has 1 N–H and O–H groups in total. The lowest BCUT2D eigenvalue weighted by molar-refractivity contribution is -0.150. The highest BCUT2D eigenvalue weighted by molar-refractivity contribution is 6.30. The van der Waals surface area contributed by atoms with Crippen molar-refractivity contribution >= 4 is 17.6 Å². The number of aromatic nitrogens is 4. The Balaban J connectivity index is 0.00000148. The summed E-state index contributed by atoms with van der Waals surface area (Å²) in [5.41, 5.74) is 5.67. The number of rotatable bonds is 16. The number of methoxy groups -OCH3 is 1. The maximum Gasteiger partial charge on any atom is 0.311 e. The molecule has 0 bridgehead atoms. The van der Waals surface area contributed by atoms with Crippen molar-refractivity contribution in [3.63, 3.8) is 0 Å². The molecule has 3 atom stereocenters. The number of benzene rings is 2. The van der Waals surface area contributed by atoms with Gasteiger partial charge in [-0.2, -0.15) is 0 Å². The number of carboxylic acid groups (broad SMARTS) is 1. The van der Waals surface area contributed by atoms with Crippen molar-refractivity contribution in [2.24, 2.45) is 11.3 Å². The largest absolute Gasteiger partial charge is 0.496 e. The summed E-state index contributed by atoms with van der Waals surface area (Å²) in [4.78, 5) is 11.5. The first-order chi connectivity index (χ1) is 22.9. The summed E-state index contributed by atoms with van der Waals surface area (Å²) in [7, 11) is 1.71. The monoisotopic (exact) mass is 678 g/mol. The van der Waals surface area contributed by atoms with Gasteiger partial charge in [0.05, 0.1) is 37.6 Å². The van der Waals surface area contributed by atoms with E-state index in [2.05, 4.69) is 93.0 Å². The molecule has 2 heterocycles. The topological polar surface area (TPSA) is 91.4 Å². The number of aryl methyl sites for hydroxylation is 1. The van der Waals surface area contributed by atoms with Gasteiger partial charge in [-0.25, -0.2) is 4.68 Å². The summed E-state index contributed by atoms with van der Waals surface area (Å²) in [6.45, 7) is 17.5. The van der Waals surface area contributed by atoms with Crippen LogP contribution in [-0.4, -0.2) is 44.4 Å². The zero-order valence-electron chi connectivity index (χ0n) is 30.3. The minimum Gasteiger partial charge on any atom is -0.496 e. The number of ether oxygens (including phenoxy) is 2. The van der Waals surface area contributed by atoms with E-state index in [1.165, 1.54) is 24.1 Å². The maximum absolute atomic E-state index is 11.5. The second-order valence-corrected chi connectivity index (χ2v) is 13.7. The van der Waals surface area contributed by atoms with E-state index >= 15 is 0 Å². The molecule has 0 amide bonds. The Bertz CT molecular complexity index is 1590. The van der Waals surface area contributed by atoms with E-state index in [-0.39, 0.29) is 25.0 Å². The van der Waals surface area contributed by atoms with Crippen LogP contribution in [-0.2, 0) is 22.7 Å². The lowest BCUT2D eigenvalue weighted by Crippen LogP contribution is -2.29.